The van der Waals surface area contributed by atoms with Crippen LogP contribution in [-0.4, -0.2) is 105 Å². The van der Waals surface area contributed by atoms with Gasteiger partial charge >= 0.3 is 0 Å². The molecule has 2 saturated heterocycles. The van der Waals surface area contributed by atoms with E-state index in [1.54, 1.807) is 6.07 Å². The van der Waals surface area contributed by atoms with Crippen molar-refractivity contribution in [2.45, 2.75) is 12.8 Å². The molecule has 0 radical (unpaired) electrons. The first-order valence-electron chi connectivity index (χ1n) is 10.6. The monoisotopic (exact) mass is 388 g/mol. The largest absolute Gasteiger partial charge is 0.506 e. The molecule has 0 aromatic heterocycles. The Morgan fingerprint density at radius 1 is 1.04 bits per heavy atom. The first-order chi connectivity index (χ1) is 13.7. The number of rotatable bonds is 5. The molecule has 28 heavy (non-hydrogen) atoms. The third-order valence-corrected chi connectivity index (χ3v) is 5.76. The number of phenols is 1. The number of piperazine rings is 1. The van der Waals surface area contributed by atoms with Crippen molar-refractivity contribution in [1.29, 1.82) is 0 Å². The molecule has 0 unspecified atom stereocenters. The second-order valence-electron chi connectivity index (χ2n) is 7.79. The molecule has 0 aliphatic carbocycles. The van der Waals surface area contributed by atoms with Crippen molar-refractivity contribution in [2.75, 3.05) is 84.4 Å². The number of nitrogens with zero attached hydrogens (tertiary/aromatic N) is 5. The van der Waals surface area contributed by atoms with Gasteiger partial charge in [-0.05, 0) is 51.7 Å². The van der Waals surface area contributed by atoms with Gasteiger partial charge in [0, 0.05) is 52.9 Å². The van der Waals surface area contributed by atoms with E-state index in [4.69, 9.17) is 0 Å². The van der Waals surface area contributed by atoms with E-state index in [1.165, 1.54) is 32.6 Å². The lowest BCUT2D eigenvalue weighted by Gasteiger charge is -2.37. The number of guanidine groups is 1. The fourth-order valence-electron chi connectivity index (χ4n) is 4.05. The molecule has 7 nitrogen and oxygen atoms in total. The molecule has 3 rings (SSSR count). The average Bonchev–Trinajstić information content (AvgIpc) is 2.93. The Morgan fingerprint density at radius 2 is 1.82 bits per heavy atom. The minimum absolute atomic E-state index is 0.359. The van der Waals surface area contributed by atoms with Crippen LogP contribution >= 0.6 is 0 Å². The van der Waals surface area contributed by atoms with Gasteiger partial charge < -0.3 is 30.0 Å². The standard InChI is InChI=1S/C21H36N6O/c1-22-21(23-9-5-11-25-12-6-10-24(2)13-14-25)27-17-15-26(16-18-27)19-7-3-4-8-20(19)28/h3-4,7-8,28H,5-6,9-18H2,1-2H3,(H,22,23). The number of hydrogen-bond donors (Lipinski definition) is 2. The summed E-state index contributed by atoms with van der Waals surface area (Å²) in [5, 5.41) is 13.6. The summed E-state index contributed by atoms with van der Waals surface area (Å²) < 4.78 is 0. The van der Waals surface area contributed by atoms with Crippen LogP contribution in [-0.2, 0) is 0 Å². The lowest BCUT2D eigenvalue weighted by atomic mass is 10.2. The first kappa shape index (κ1) is 20.7. The topological polar surface area (TPSA) is 57.6 Å². The molecule has 0 saturated carbocycles. The maximum atomic E-state index is 10.1. The lowest BCUT2D eigenvalue weighted by Crippen LogP contribution is -2.52. The zero-order valence-electron chi connectivity index (χ0n) is 17.5. The number of aromatic hydroxyl groups is 1. The van der Waals surface area contributed by atoms with Gasteiger partial charge in [0.1, 0.15) is 5.75 Å². The van der Waals surface area contributed by atoms with Crippen LogP contribution in [0.25, 0.3) is 0 Å². The van der Waals surface area contributed by atoms with E-state index in [2.05, 4.69) is 37.0 Å². The average molecular weight is 389 g/mol. The molecule has 7 heteroatoms. The van der Waals surface area contributed by atoms with Crippen molar-refractivity contribution in [2.24, 2.45) is 4.99 Å². The molecule has 0 spiro atoms. The van der Waals surface area contributed by atoms with Gasteiger partial charge in [-0.2, -0.15) is 0 Å². The van der Waals surface area contributed by atoms with Crippen LogP contribution in [0.1, 0.15) is 12.8 Å². The Morgan fingerprint density at radius 3 is 2.57 bits per heavy atom. The smallest absolute Gasteiger partial charge is 0.193 e. The number of aliphatic imine (C=N–C) groups is 1. The summed E-state index contributed by atoms with van der Waals surface area (Å²) in [5.74, 6) is 1.35. The number of hydrogen-bond acceptors (Lipinski definition) is 5. The molecular formula is C21H36N6O. The summed E-state index contributed by atoms with van der Waals surface area (Å²) in [6, 6.07) is 7.58. The minimum Gasteiger partial charge on any atom is -0.506 e. The summed E-state index contributed by atoms with van der Waals surface area (Å²) in [4.78, 5) is 14.0. The first-order valence-corrected chi connectivity index (χ1v) is 10.6. The molecule has 2 aliphatic heterocycles. The van der Waals surface area contributed by atoms with Crippen molar-refractivity contribution in [3.05, 3.63) is 24.3 Å². The van der Waals surface area contributed by atoms with Crippen molar-refractivity contribution in [1.82, 2.24) is 20.0 Å². The molecule has 0 atom stereocenters. The highest BCUT2D eigenvalue weighted by Gasteiger charge is 2.21. The summed E-state index contributed by atoms with van der Waals surface area (Å²) in [7, 11) is 4.08. The highest BCUT2D eigenvalue weighted by atomic mass is 16.3. The SMILES string of the molecule is CN=C(NCCCN1CCCN(C)CC1)N1CCN(c2ccccc2O)CC1. The van der Waals surface area contributed by atoms with E-state index in [9.17, 15) is 5.11 Å². The van der Waals surface area contributed by atoms with Crippen LogP contribution in [0, 0.1) is 0 Å². The number of anilines is 1. The molecule has 0 bridgehead atoms. The molecule has 2 heterocycles. The Bertz CT molecular complexity index is 629. The molecular weight excluding hydrogens is 352 g/mol. The van der Waals surface area contributed by atoms with E-state index < -0.39 is 0 Å². The summed E-state index contributed by atoms with van der Waals surface area (Å²) in [5.41, 5.74) is 0.924. The van der Waals surface area contributed by atoms with Crippen molar-refractivity contribution in [3.63, 3.8) is 0 Å². The highest BCUT2D eigenvalue weighted by Crippen LogP contribution is 2.27. The fourth-order valence-corrected chi connectivity index (χ4v) is 4.05. The van der Waals surface area contributed by atoms with E-state index >= 15 is 0 Å². The predicted octanol–water partition coefficient (Wildman–Crippen LogP) is 1.12. The van der Waals surface area contributed by atoms with Gasteiger partial charge in [-0.25, -0.2) is 0 Å². The van der Waals surface area contributed by atoms with Gasteiger partial charge in [0.05, 0.1) is 5.69 Å². The van der Waals surface area contributed by atoms with E-state index in [1.807, 2.05) is 25.2 Å². The minimum atomic E-state index is 0.359. The maximum Gasteiger partial charge on any atom is 0.193 e. The lowest BCUT2D eigenvalue weighted by molar-refractivity contribution is 0.273. The van der Waals surface area contributed by atoms with Crippen LogP contribution in [0.3, 0.4) is 0 Å². The number of likely N-dealkylation sites (N-methyl/N-ethyl adjacent to an activating group) is 1. The summed E-state index contributed by atoms with van der Waals surface area (Å²) in [6.07, 6.45) is 2.41. The van der Waals surface area contributed by atoms with E-state index in [0.29, 0.717) is 5.75 Å². The third-order valence-electron chi connectivity index (χ3n) is 5.76. The second kappa shape index (κ2) is 10.5. The second-order valence-corrected chi connectivity index (χ2v) is 7.79. The van der Waals surface area contributed by atoms with E-state index in [0.717, 1.165) is 57.3 Å². The van der Waals surface area contributed by atoms with Gasteiger partial charge in [0.25, 0.3) is 0 Å². The van der Waals surface area contributed by atoms with Crippen molar-refractivity contribution < 1.29 is 5.11 Å². The number of para-hydroxylation sites is 2. The third kappa shape index (κ3) is 5.75. The quantitative estimate of drug-likeness (QED) is 0.448. The van der Waals surface area contributed by atoms with Crippen LogP contribution in [0.5, 0.6) is 5.75 Å². The van der Waals surface area contributed by atoms with Crippen molar-refractivity contribution in [3.8, 4) is 5.75 Å². The molecule has 2 N–H and O–H groups in total. The zero-order chi connectivity index (χ0) is 19.8. The Kier molecular flexibility index (Phi) is 7.80. The molecule has 2 fully saturated rings. The predicted molar refractivity (Wildman–Crippen MR) is 116 cm³/mol. The van der Waals surface area contributed by atoms with Gasteiger partial charge in [-0.1, -0.05) is 12.1 Å². The Balaban J connectivity index is 1.38. The number of benzene rings is 1. The molecule has 0 amide bonds. The van der Waals surface area contributed by atoms with Gasteiger partial charge in [-0.3, -0.25) is 4.99 Å². The fraction of sp³-hybridized carbons (Fsp3) is 0.667. The summed E-state index contributed by atoms with van der Waals surface area (Å²) in [6.45, 7) is 10.5. The molecule has 1 aromatic rings. The number of nitrogens with one attached hydrogen (secondary N) is 1. The molecule has 2 aliphatic rings. The maximum absolute atomic E-state index is 10.1. The van der Waals surface area contributed by atoms with Gasteiger partial charge in [0.2, 0.25) is 0 Å². The van der Waals surface area contributed by atoms with E-state index in [-0.39, 0.29) is 0 Å². The highest BCUT2D eigenvalue weighted by molar-refractivity contribution is 5.80. The van der Waals surface area contributed by atoms with Gasteiger partial charge in [-0.15, -0.1) is 0 Å². The number of phenolic OH excluding ortho intramolecular Hbond substituents is 1. The molecule has 156 valence electrons. The summed E-state index contributed by atoms with van der Waals surface area (Å²) >= 11 is 0. The Labute approximate surface area is 169 Å². The van der Waals surface area contributed by atoms with Crippen molar-refractivity contribution >= 4 is 11.6 Å². The van der Waals surface area contributed by atoms with Crippen LogP contribution in [0.2, 0.25) is 0 Å². The van der Waals surface area contributed by atoms with Crippen LogP contribution in [0.15, 0.2) is 29.3 Å². The van der Waals surface area contributed by atoms with Crippen LogP contribution in [0.4, 0.5) is 5.69 Å². The molecule has 1 aromatic carbocycles. The zero-order valence-corrected chi connectivity index (χ0v) is 17.5. The normalized spacial score (nSPS) is 20.3. The Hall–Kier alpha value is -1.99. The van der Waals surface area contributed by atoms with Crippen LogP contribution < -0.4 is 10.2 Å². The van der Waals surface area contributed by atoms with Gasteiger partial charge in [0.15, 0.2) is 5.96 Å².